The summed E-state index contributed by atoms with van der Waals surface area (Å²) in [5.74, 6) is 0. The summed E-state index contributed by atoms with van der Waals surface area (Å²) in [7, 11) is 0. The number of nitrogens with zero attached hydrogens (tertiary/aromatic N) is 4. The molecule has 4 aromatic carbocycles. The minimum Gasteiger partial charge on any atom is -0.308 e. The van der Waals surface area contributed by atoms with Crippen LogP contribution in [0, 0.1) is 0 Å². The number of hydrogen-bond donors (Lipinski definition) is 0. The van der Waals surface area contributed by atoms with Gasteiger partial charge in [-0.25, -0.2) is 9.97 Å². The molecule has 5 heterocycles. The number of fused-ring (bicyclic) bond motifs is 8. The zero-order valence-electron chi connectivity index (χ0n) is 28.8. The van der Waals surface area contributed by atoms with Gasteiger partial charge in [0.15, 0.2) is 0 Å². The third kappa shape index (κ3) is 7.19. The van der Waals surface area contributed by atoms with Crippen LogP contribution in [0.4, 0.5) is 0 Å². The molecular formula is C44H22Br8CuN4. The number of para-hydroxylation sites is 1. The second kappa shape index (κ2) is 17.1. The molecule has 3 aromatic heterocycles. The third-order valence-electron chi connectivity index (χ3n) is 9.57. The van der Waals surface area contributed by atoms with E-state index in [1.165, 1.54) is 0 Å². The Bertz CT molecular complexity index is 2980. The van der Waals surface area contributed by atoms with Crippen molar-refractivity contribution >= 4 is 169 Å². The maximum Gasteiger partial charge on any atom is 0.0955 e. The quantitative estimate of drug-likeness (QED) is 0.165. The van der Waals surface area contributed by atoms with Gasteiger partial charge in [-0.15, -0.1) is 0 Å². The second-order valence-corrected chi connectivity index (χ2v) is 19.1. The van der Waals surface area contributed by atoms with Crippen molar-refractivity contribution in [1.29, 1.82) is 0 Å². The Kier molecular flexibility index (Phi) is 12.4. The Hall–Kier alpha value is -2.16. The molecule has 0 unspecified atom stereocenters. The summed E-state index contributed by atoms with van der Waals surface area (Å²) in [5.41, 5.74) is 13.8. The predicted octanol–water partition coefficient (Wildman–Crippen LogP) is 17.0. The first-order valence-electron chi connectivity index (χ1n) is 17.1. The molecule has 4 nitrogen and oxygen atoms in total. The van der Waals surface area contributed by atoms with Crippen molar-refractivity contribution in [3.8, 4) is 39.1 Å². The maximum absolute atomic E-state index is 5.53. The first kappa shape index (κ1) is 41.6. The van der Waals surface area contributed by atoms with E-state index in [-0.39, 0.29) is 17.1 Å². The predicted molar refractivity (Wildman–Crippen MR) is 263 cm³/mol. The van der Waals surface area contributed by atoms with E-state index >= 15 is 0 Å². The molecule has 13 heteroatoms. The van der Waals surface area contributed by atoms with Crippen LogP contribution in [0.5, 0.6) is 0 Å². The van der Waals surface area contributed by atoms with E-state index in [0.717, 1.165) is 110 Å². The van der Waals surface area contributed by atoms with Gasteiger partial charge in [0.2, 0.25) is 0 Å². The van der Waals surface area contributed by atoms with E-state index in [0.29, 0.717) is 5.69 Å². The molecule has 2 aliphatic heterocycles. The van der Waals surface area contributed by atoms with Crippen LogP contribution in [0.2, 0.25) is 0 Å². The van der Waals surface area contributed by atoms with E-state index in [9.17, 15) is 0 Å². The average molecular weight is 1310 g/mol. The van der Waals surface area contributed by atoms with E-state index in [4.69, 9.17) is 9.97 Å². The molecule has 2 aliphatic rings. The normalized spacial score (nSPS) is 12.5. The van der Waals surface area contributed by atoms with Crippen molar-refractivity contribution in [3.63, 3.8) is 0 Å². The monoisotopic (exact) mass is 1300 g/mol. The van der Waals surface area contributed by atoms with E-state index in [1.807, 2.05) is 9.66 Å². The molecule has 0 amide bonds. The molecule has 0 atom stereocenters. The van der Waals surface area contributed by atoms with Crippen LogP contribution in [-0.4, -0.2) is 18.1 Å². The van der Waals surface area contributed by atoms with Crippen LogP contribution in [0.25, 0.3) is 80.7 Å². The van der Waals surface area contributed by atoms with Gasteiger partial charge in [0.05, 0.1) is 87.8 Å². The maximum atomic E-state index is 5.53. The van der Waals surface area contributed by atoms with Crippen LogP contribution in [0.1, 0.15) is 22.8 Å². The van der Waals surface area contributed by atoms with Crippen molar-refractivity contribution in [3.05, 3.63) is 168 Å². The summed E-state index contributed by atoms with van der Waals surface area (Å²) < 4.78 is 9.96. The fourth-order valence-corrected chi connectivity index (χ4v) is 13.8. The van der Waals surface area contributed by atoms with Gasteiger partial charge >= 0.3 is 0 Å². The standard InChI is InChI=1S/C44H22Br8N4.Cu/c45-28-21-26-22-29-30(23-13-5-1-6-14-23)31(24-15-7-2-8-16-24)42(55(29)27-19-11-4-12-20-27)32(25-17-9-3-10-18-25)40-33(46)34(47)41(54-40)38(51)44-36(49)35(48)43(56(44)52)37(50)39(28)53-26;/h1-22H;. The SMILES string of the molecule is BrC1=Cc2cc3c(-c4ccccc4)c(-c4ccccc4)c(c(-c4ccccc4)c4nc(c(Br)c5c(Br)c(Br)c(c(Br)c1n2)n5Br)C(Br)=C4Br)n3-c1ccccc1.[Cu]. The van der Waals surface area contributed by atoms with Gasteiger partial charge in [0, 0.05) is 43.9 Å². The van der Waals surface area contributed by atoms with E-state index < -0.39 is 0 Å². The molecule has 0 saturated heterocycles. The molecule has 9 rings (SSSR count). The van der Waals surface area contributed by atoms with Crippen molar-refractivity contribution in [2.75, 3.05) is 0 Å². The first-order valence-corrected chi connectivity index (χ1v) is 23.3. The largest absolute Gasteiger partial charge is 0.308 e. The number of hydrogen-bond acceptors (Lipinski definition) is 2. The van der Waals surface area contributed by atoms with Crippen molar-refractivity contribution in [1.82, 2.24) is 18.1 Å². The Morgan fingerprint density at radius 1 is 0.439 bits per heavy atom. The van der Waals surface area contributed by atoms with Crippen molar-refractivity contribution in [2.24, 2.45) is 0 Å². The molecular weight excluding hydrogens is 1290 g/mol. The Balaban J connectivity index is 0.00000455. The molecule has 57 heavy (non-hydrogen) atoms. The summed E-state index contributed by atoms with van der Waals surface area (Å²) >= 11 is 31.5. The van der Waals surface area contributed by atoms with E-state index in [1.54, 1.807) is 0 Å². The Morgan fingerprint density at radius 3 is 1.44 bits per heavy atom. The molecule has 8 bridgehead atoms. The Labute approximate surface area is 406 Å². The molecule has 0 spiro atoms. The summed E-state index contributed by atoms with van der Waals surface area (Å²) in [4.78, 5) is 10.8. The van der Waals surface area contributed by atoms with Crippen LogP contribution in [0.15, 0.2) is 145 Å². The summed E-state index contributed by atoms with van der Waals surface area (Å²) in [6, 6.07) is 44.5. The fourth-order valence-electron chi connectivity index (χ4n) is 7.17. The van der Waals surface area contributed by atoms with E-state index in [2.05, 4.69) is 260 Å². The topological polar surface area (TPSA) is 35.6 Å². The van der Waals surface area contributed by atoms with Gasteiger partial charge in [-0.05, 0) is 152 Å². The summed E-state index contributed by atoms with van der Waals surface area (Å²) in [6.07, 6.45) is 2.07. The molecule has 1 radical (unpaired) electrons. The summed E-state index contributed by atoms with van der Waals surface area (Å²) in [6.45, 7) is 0. The molecule has 0 fully saturated rings. The second-order valence-electron chi connectivity index (χ2n) is 12.8. The molecule has 7 aromatic rings. The Morgan fingerprint density at radius 2 is 0.895 bits per heavy atom. The van der Waals surface area contributed by atoms with Gasteiger partial charge in [-0.2, -0.15) is 0 Å². The molecule has 0 N–H and O–H groups in total. The third-order valence-corrected chi connectivity index (χ3v) is 16.5. The average Bonchev–Trinajstić information content (AvgIpc) is 3.91. The fraction of sp³-hybridized carbons (Fsp3) is 0. The number of rotatable bonds is 4. The smallest absolute Gasteiger partial charge is 0.0955 e. The summed E-state index contributed by atoms with van der Waals surface area (Å²) in [5, 5.41) is 0. The molecule has 285 valence electrons. The van der Waals surface area contributed by atoms with Crippen LogP contribution in [0.3, 0.4) is 0 Å². The minimum absolute atomic E-state index is 0. The number of halogens is 8. The van der Waals surface area contributed by atoms with Gasteiger partial charge in [-0.3, -0.25) is 3.59 Å². The van der Waals surface area contributed by atoms with Gasteiger partial charge in [0.25, 0.3) is 0 Å². The van der Waals surface area contributed by atoms with Crippen molar-refractivity contribution < 1.29 is 17.1 Å². The van der Waals surface area contributed by atoms with Gasteiger partial charge in [0.1, 0.15) is 0 Å². The van der Waals surface area contributed by atoms with Gasteiger partial charge in [-0.1, -0.05) is 109 Å². The minimum atomic E-state index is 0. The zero-order valence-corrected chi connectivity index (χ0v) is 42.4. The van der Waals surface area contributed by atoms with Crippen molar-refractivity contribution in [2.45, 2.75) is 0 Å². The molecule has 0 saturated carbocycles. The number of benzene rings is 4. The van der Waals surface area contributed by atoms with Crippen LogP contribution in [-0.2, 0) is 17.1 Å². The first-order chi connectivity index (χ1) is 27.2. The zero-order chi connectivity index (χ0) is 38.8. The van der Waals surface area contributed by atoms with Crippen LogP contribution < -0.4 is 0 Å². The van der Waals surface area contributed by atoms with Gasteiger partial charge < -0.3 is 4.57 Å². The van der Waals surface area contributed by atoms with Crippen LogP contribution >= 0.6 is 128 Å². The number of aromatic nitrogens is 4. The molecule has 0 aliphatic carbocycles.